The molecule has 0 bridgehead atoms. The molecule has 1 aromatic rings. The maximum atomic E-state index is 10.0. The number of aliphatic hydroxyl groups is 1. The highest BCUT2D eigenvalue weighted by Gasteiger charge is 2.11. The third-order valence-corrected chi connectivity index (χ3v) is 3.11. The van der Waals surface area contributed by atoms with Gasteiger partial charge in [-0.3, -0.25) is 0 Å². The Balaban J connectivity index is 2.42. The van der Waals surface area contributed by atoms with Crippen LogP contribution in [0.1, 0.15) is 51.3 Å². The number of hydrogen-bond acceptors (Lipinski definition) is 2. The van der Waals surface area contributed by atoms with Gasteiger partial charge >= 0.3 is 0 Å². The lowest BCUT2D eigenvalue weighted by molar-refractivity contribution is -0.0101. The minimum absolute atomic E-state index is 0.203. The zero-order chi connectivity index (χ0) is 13.5. The molecule has 0 saturated carbocycles. The Bertz CT molecular complexity index is 329. The molecule has 2 heteroatoms. The fourth-order valence-electron chi connectivity index (χ4n) is 2.06. The molecule has 102 valence electrons. The van der Waals surface area contributed by atoms with Crippen molar-refractivity contribution in [2.45, 2.75) is 52.7 Å². The molecule has 0 aliphatic rings. The average Bonchev–Trinajstić information content (AvgIpc) is 2.35. The van der Waals surface area contributed by atoms with E-state index in [0.717, 1.165) is 18.4 Å². The lowest BCUT2D eigenvalue weighted by Gasteiger charge is -2.18. The Labute approximate surface area is 111 Å². The van der Waals surface area contributed by atoms with E-state index < -0.39 is 6.10 Å². The highest BCUT2D eigenvalue weighted by atomic mass is 16.5. The van der Waals surface area contributed by atoms with Crippen LogP contribution in [-0.4, -0.2) is 17.8 Å². The van der Waals surface area contributed by atoms with Gasteiger partial charge in [-0.1, -0.05) is 45.0 Å². The second-order valence-corrected chi connectivity index (χ2v) is 5.38. The van der Waals surface area contributed by atoms with E-state index in [4.69, 9.17) is 4.74 Å². The largest absolute Gasteiger partial charge is 0.386 e. The molecule has 0 radical (unpaired) electrons. The van der Waals surface area contributed by atoms with E-state index in [-0.39, 0.29) is 6.10 Å². The summed E-state index contributed by atoms with van der Waals surface area (Å²) in [7, 11) is 0. The maximum absolute atomic E-state index is 10.0. The normalized spacial score (nSPS) is 14.8. The molecule has 2 nitrogen and oxygen atoms in total. The van der Waals surface area contributed by atoms with Gasteiger partial charge in [-0.2, -0.15) is 0 Å². The standard InChI is InChI=1S/C16H26O2/c1-5-14-6-8-15(9-7-14)16(17)11-18-13(4)10-12(2)3/h6-9,12-13,16-17H,5,10-11H2,1-4H3. The lowest BCUT2D eigenvalue weighted by Crippen LogP contribution is -2.16. The number of aryl methyl sites for hydroxylation is 1. The van der Waals surface area contributed by atoms with Crippen LogP contribution in [0.15, 0.2) is 24.3 Å². The molecule has 2 unspecified atom stereocenters. The highest BCUT2D eigenvalue weighted by molar-refractivity contribution is 5.24. The van der Waals surface area contributed by atoms with Gasteiger partial charge in [0.15, 0.2) is 0 Å². The Morgan fingerprint density at radius 2 is 1.72 bits per heavy atom. The number of rotatable bonds is 7. The quantitative estimate of drug-likeness (QED) is 0.799. The van der Waals surface area contributed by atoms with Gasteiger partial charge in [0, 0.05) is 0 Å². The summed E-state index contributed by atoms with van der Waals surface area (Å²) in [6.07, 6.45) is 1.74. The Morgan fingerprint density at radius 3 is 2.22 bits per heavy atom. The molecule has 0 spiro atoms. The van der Waals surface area contributed by atoms with Crippen molar-refractivity contribution >= 4 is 0 Å². The van der Waals surface area contributed by atoms with Gasteiger partial charge in [0.05, 0.1) is 12.7 Å². The van der Waals surface area contributed by atoms with Crippen molar-refractivity contribution in [2.24, 2.45) is 5.92 Å². The van der Waals surface area contributed by atoms with Gasteiger partial charge < -0.3 is 9.84 Å². The van der Waals surface area contributed by atoms with Crippen LogP contribution < -0.4 is 0 Å². The average molecular weight is 250 g/mol. The smallest absolute Gasteiger partial charge is 0.102 e. The second kappa shape index (κ2) is 7.55. The molecule has 0 aliphatic heterocycles. The molecule has 18 heavy (non-hydrogen) atoms. The van der Waals surface area contributed by atoms with Crippen LogP contribution >= 0.6 is 0 Å². The van der Waals surface area contributed by atoms with Gasteiger partial charge in [0.1, 0.15) is 6.10 Å². The summed E-state index contributed by atoms with van der Waals surface area (Å²) in [5.41, 5.74) is 2.23. The van der Waals surface area contributed by atoms with Crippen molar-refractivity contribution in [3.05, 3.63) is 35.4 Å². The molecular weight excluding hydrogens is 224 g/mol. The van der Waals surface area contributed by atoms with Crippen LogP contribution in [-0.2, 0) is 11.2 Å². The lowest BCUT2D eigenvalue weighted by atomic mass is 10.1. The minimum atomic E-state index is -0.523. The second-order valence-electron chi connectivity index (χ2n) is 5.38. The van der Waals surface area contributed by atoms with Crippen LogP contribution in [0.4, 0.5) is 0 Å². The highest BCUT2D eigenvalue weighted by Crippen LogP contribution is 2.16. The molecule has 0 aliphatic carbocycles. The predicted molar refractivity (Wildman–Crippen MR) is 75.6 cm³/mol. The number of hydrogen-bond donors (Lipinski definition) is 1. The van der Waals surface area contributed by atoms with Gasteiger partial charge in [0.2, 0.25) is 0 Å². The van der Waals surface area contributed by atoms with Crippen molar-refractivity contribution in [3.63, 3.8) is 0 Å². The number of ether oxygens (including phenoxy) is 1. The first kappa shape index (κ1) is 15.2. The zero-order valence-corrected chi connectivity index (χ0v) is 12.0. The molecule has 0 heterocycles. The Hall–Kier alpha value is -0.860. The summed E-state index contributed by atoms with van der Waals surface area (Å²) in [4.78, 5) is 0. The van der Waals surface area contributed by atoms with Crippen molar-refractivity contribution in [1.29, 1.82) is 0 Å². The van der Waals surface area contributed by atoms with Gasteiger partial charge in [-0.05, 0) is 36.8 Å². The van der Waals surface area contributed by atoms with E-state index in [1.807, 2.05) is 12.1 Å². The summed E-state index contributed by atoms with van der Waals surface area (Å²) in [6.45, 7) is 8.92. The molecule has 1 N–H and O–H groups in total. The molecule has 0 fully saturated rings. The van der Waals surface area contributed by atoms with Gasteiger partial charge in [-0.25, -0.2) is 0 Å². The molecule has 0 amide bonds. The first-order chi connectivity index (χ1) is 8.52. The van der Waals surface area contributed by atoms with E-state index in [0.29, 0.717) is 12.5 Å². The number of aliphatic hydroxyl groups excluding tert-OH is 1. The molecule has 0 saturated heterocycles. The molecule has 1 rings (SSSR count). The van der Waals surface area contributed by atoms with Crippen LogP contribution in [0.25, 0.3) is 0 Å². The first-order valence-corrected chi connectivity index (χ1v) is 6.91. The van der Waals surface area contributed by atoms with Crippen LogP contribution in [0.2, 0.25) is 0 Å². The fraction of sp³-hybridized carbons (Fsp3) is 0.625. The first-order valence-electron chi connectivity index (χ1n) is 6.91. The van der Waals surface area contributed by atoms with E-state index in [9.17, 15) is 5.11 Å². The van der Waals surface area contributed by atoms with Crippen LogP contribution in [0.5, 0.6) is 0 Å². The van der Waals surface area contributed by atoms with E-state index in [1.165, 1.54) is 5.56 Å². The van der Waals surface area contributed by atoms with Gasteiger partial charge in [-0.15, -0.1) is 0 Å². The van der Waals surface area contributed by atoms with Crippen molar-refractivity contribution in [3.8, 4) is 0 Å². The van der Waals surface area contributed by atoms with E-state index in [1.54, 1.807) is 0 Å². The minimum Gasteiger partial charge on any atom is -0.386 e. The summed E-state index contributed by atoms with van der Waals surface area (Å²) < 4.78 is 5.68. The van der Waals surface area contributed by atoms with Crippen LogP contribution in [0, 0.1) is 5.92 Å². The topological polar surface area (TPSA) is 29.5 Å². The molecule has 1 aromatic carbocycles. The molecular formula is C16H26O2. The third-order valence-electron chi connectivity index (χ3n) is 3.11. The summed E-state index contributed by atoms with van der Waals surface area (Å²) in [6, 6.07) is 8.10. The fourth-order valence-corrected chi connectivity index (χ4v) is 2.06. The SMILES string of the molecule is CCc1ccc(C(O)COC(C)CC(C)C)cc1. The molecule has 0 aromatic heterocycles. The predicted octanol–water partition coefficient (Wildman–Crippen LogP) is 3.73. The van der Waals surface area contributed by atoms with E-state index in [2.05, 4.69) is 39.8 Å². The zero-order valence-electron chi connectivity index (χ0n) is 12.0. The monoisotopic (exact) mass is 250 g/mol. The molecule has 2 atom stereocenters. The summed E-state index contributed by atoms with van der Waals surface area (Å²) in [5.74, 6) is 0.626. The van der Waals surface area contributed by atoms with Gasteiger partial charge in [0.25, 0.3) is 0 Å². The van der Waals surface area contributed by atoms with Crippen molar-refractivity contribution < 1.29 is 9.84 Å². The third kappa shape index (κ3) is 5.19. The summed E-state index contributed by atoms with van der Waals surface area (Å²) in [5, 5.41) is 10.0. The van der Waals surface area contributed by atoms with Crippen molar-refractivity contribution in [1.82, 2.24) is 0 Å². The van der Waals surface area contributed by atoms with Crippen LogP contribution in [0.3, 0.4) is 0 Å². The van der Waals surface area contributed by atoms with Crippen molar-refractivity contribution in [2.75, 3.05) is 6.61 Å². The number of benzene rings is 1. The summed E-state index contributed by atoms with van der Waals surface area (Å²) >= 11 is 0. The van der Waals surface area contributed by atoms with E-state index >= 15 is 0 Å². The maximum Gasteiger partial charge on any atom is 0.102 e. The Kier molecular flexibility index (Phi) is 6.37. The Morgan fingerprint density at radius 1 is 1.11 bits per heavy atom.